The molecule has 2 aromatic rings. The first-order valence-electron chi connectivity index (χ1n) is 11.5. The van der Waals surface area contributed by atoms with Crippen molar-refractivity contribution in [2.45, 2.75) is 39.2 Å². The summed E-state index contributed by atoms with van der Waals surface area (Å²) in [5.41, 5.74) is 3.92. The van der Waals surface area contributed by atoms with Crippen molar-refractivity contribution in [3.05, 3.63) is 52.1 Å². The molecular formula is C25H30FN5O3. The number of H-pyrrole nitrogens is 1. The highest BCUT2D eigenvalue weighted by atomic mass is 19.1. The van der Waals surface area contributed by atoms with Crippen LogP contribution in [0.25, 0.3) is 11.6 Å². The lowest BCUT2D eigenvalue weighted by molar-refractivity contribution is -0.130. The van der Waals surface area contributed by atoms with Crippen LogP contribution in [0.1, 0.15) is 52.1 Å². The monoisotopic (exact) mass is 467 g/mol. The molecule has 0 radical (unpaired) electrons. The standard InChI is InChI=1S/C25H30FN5O3/c1-14-21(12-19-18-11-16(26)6-7-20(18)30-24(19)33)28-15(2)23(14)25(34)29-17-8-10-31(13-17)22(32)5-4-9-27-3/h6-7,11-12,17,27-28H,4-5,8-10,13H2,1-3H3,(H,29,34)(H,30,33)/b19-12-/t17-/m0/s1. The van der Waals surface area contributed by atoms with Crippen LogP contribution in [0.15, 0.2) is 18.2 Å². The Morgan fingerprint density at radius 2 is 2.09 bits per heavy atom. The molecule has 0 aliphatic carbocycles. The fraction of sp³-hybridized carbons (Fsp3) is 0.400. The van der Waals surface area contributed by atoms with Gasteiger partial charge in [0, 0.05) is 48.2 Å². The molecule has 0 bridgehead atoms. The number of fused-ring (bicyclic) bond motifs is 1. The summed E-state index contributed by atoms with van der Waals surface area (Å²) < 4.78 is 13.7. The van der Waals surface area contributed by atoms with E-state index < -0.39 is 5.82 Å². The molecule has 2 aliphatic heterocycles. The minimum Gasteiger partial charge on any atom is -0.358 e. The van der Waals surface area contributed by atoms with Gasteiger partial charge in [-0.2, -0.15) is 0 Å². The molecule has 0 unspecified atom stereocenters. The summed E-state index contributed by atoms with van der Waals surface area (Å²) in [6.07, 6.45) is 3.65. The van der Waals surface area contributed by atoms with Crippen LogP contribution in [0, 0.1) is 19.7 Å². The van der Waals surface area contributed by atoms with Gasteiger partial charge >= 0.3 is 0 Å². The molecule has 0 spiro atoms. The van der Waals surface area contributed by atoms with Gasteiger partial charge in [-0.1, -0.05) is 0 Å². The van der Waals surface area contributed by atoms with Gasteiger partial charge in [-0.05, 0) is 70.1 Å². The predicted octanol–water partition coefficient (Wildman–Crippen LogP) is 2.59. The number of hydrogen-bond acceptors (Lipinski definition) is 4. The number of nitrogens with one attached hydrogen (secondary N) is 4. The van der Waals surface area contributed by atoms with Crippen molar-refractivity contribution < 1.29 is 18.8 Å². The lowest BCUT2D eigenvalue weighted by Gasteiger charge is -2.17. The number of halogens is 1. The average Bonchev–Trinajstić information content (AvgIpc) is 3.45. The van der Waals surface area contributed by atoms with Crippen molar-refractivity contribution in [2.75, 3.05) is 32.0 Å². The maximum absolute atomic E-state index is 13.7. The van der Waals surface area contributed by atoms with Crippen LogP contribution in [0.4, 0.5) is 10.1 Å². The number of carbonyl (C=O) groups excluding carboxylic acids is 3. The minimum absolute atomic E-state index is 0.105. The van der Waals surface area contributed by atoms with Gasteiger partial charge < -0.3 is 25.8 Å². The van der Waals surface area contributed by atoms with E-state index in [-0.39, 0.29) is 23.8 Å². The van der Waals surface area contributed by atoms with Crippen molar-refractivity contribution in [1.82, 2.24) is 20.5 Å². The maximum Gasteiger partial charge on any atom is 0.256 e. The Labute approximate surface area is 198 Å². The highest BCUT2D eigenvalue weighted by molar-refractivity contribution is 6.34. The molecule has 2 aliphatic rings. The Morgan fingerprint density at radius 1 is 1.29 bits per heavy atom. The topological polar surface area (TPSA) is 106 Å². The number of aromatic amines is 1. The van der Waals surface area contributed by atoms with E-state index in [1.54, 1.807) is 13.0 Å². The second-order valence-corrected chi connectivity index (χ2v) is 8.87. The van der Waals surface area contributed by atoms with E-state index in [0.717, 1.165) is 13.0 Å². The summed E-state index contributed by atoms with van der Waals surface area (Å²) in [5, 5.41) is 8.82. The second kappa shape index (κ2) is 9.80. The Balaban J connectivity index is 1.47. The maximum atomic E-state index is 13.7. The first kappa shape index (κ1) is 23.7. The summed E-state index contributed by atoms with van der Waals surface area (Å²) >= 11 is 0. The number of benzene rings is 1. The van der Waals surface area contributed by atoms with Crippen LogP contribution in [-0.2, 0) is 9.59 Å². The minimum atomic E-state index is -0.424. The fourth-order valence-electron chi connectivity index (χ4n) is 4.64. The van der Waals surface area contributed by atoms with Crippen molar-refractivity contribution in [3.63, 3.8) is 0 Å². The molecule has 3 heterocycles. The van der Waals surface area contributed by atoms with Gasteiger partial charge in [-0.25, -0.2) is 4.39 Å². The van der Waals surface area contributed by atoms with E-state index in [4.69, 9.17) is 0 Å². The van der Waals surface area contributed by atoms with Crippen LogP contribution in [0.5, 0.6) is 0 Å². The highest BCUT2D eigenvalue weighted by Crippen LogP contribution is 2.34. The van der Waals surface area contributed by atoms with Gasteiger partial charge in [0.05, 0.1) is 11.1 Å². The number of likely N-dealkylation sites (tertiary alicyclic amines) is 1. The number of nitrogens with zero attached hydrogens (tertiary/aromatic N) is 1. The summed E-state index contributed by atoms with van der Waals surface area (Å²) in [4.78, 5) is 42.9. The lowest BCUT2D eigenvalue weighted by atomic mass is 10.0. The summed E-state index contributed by atoms with van der Waals surface area (Å²) in [5.74, 6) is -0.843. The van der Waals surface area contributed by atoms with E-state index >= 15 is 0 Å². The molecule has 1 aromatic carbocycles. The highest BCUT2D eigenvalue weighted by Gasteiger charge is 2.29. The molecule has 8 nitrogen and oxygen atoms in total. The van der Waals surface area contributed by atoms with Crippen LogP contribution in [0.2, 0.25) is 0 Å². The Kier molecular flexibility index (Phi) is 6.83. The zero-order valence-corrected chi connectivity index (χ0v) is 19.7. The molecule has 1 atom stereocenters. The van der Waals surface area contributed by atoms with Crippen molar-refractivity contribution >= 4 is 35.1 Å². The molecule has 1 saturated heterocycles. The first-order valence-corrected chi connectivity index (χ1v) is 11.5. The number of carbonyl (C=O) groups is 3. The normalized spacial score (nSPS) is 18.4. The Bertz CT molecular complexity index is 1170. The third kappa shape index (κ3) is 4.75. The lowest BCUT2D eigenvalue weighted by Crippen LogP contribution is -2.38. The van der Waals surface area contributed by atoms with E-state index in [1.807, 2.05) is 18.9 Å². The third-order valence-corrected chi connectivity index (χ3v) is 6.45. The van der Waals surface area contributed by atoms with E-state index in [1.165, 1.54) is 18.2 Å². The van der Waals surface area contributed by atoms with E-state index in [0.29, 0.717) is 65.3 Å². The first-order chi connectivity index (χ1) is 16.3. The van der Waals surface area contributed by atoms with Gasteiger partial charge in [0.2, 0.25) is 5.91 Å². The van der Waals surface area contributed by atoms with E-state index in [2.05, 4.69) is 20.9 Å². The van der Waals surface area contributed by atoms with Crippen molar-refractivity contribution in [3.8, 4) is 0 Å². The van der Waals surface area contributed by atoms with Crippen LogP contribution < -0.4 is 16.0 Å². The largest absolute Gasteiger partial charge is 0.358 e. The smallest absolute Gasteiger partial charge is 0.256 e. The van der Waals surface area contributed by atoms with Crippen LogP contribution >= 0.6 is 0 Å². The molecular weight excluding hydrogens is 437 g/mol. The van der Waals surface area contributed by atoms with Crippen molar-refractivity contribution in [1.29, 1.82) is 0 Å². The molecule has 4 N–H and O–H groups in total. The third-order valence-electron chi connectivity index (χ3n) is 6.45. The molecule has 9 heteroatoms. The fourth-order valence-corrected chi connectivity index (χ4v) is 4.64. The molecule has 1 aromatic heterocycles. The molecule has 1 fully saturated rings. The summed E-state index contributed by atoms with van der Waals surface area (Å²) in [7, 11) is 1.86. The Hall–Kier alpha value is -3.46. The Morgan fingerprint density at radius 3 is 2.85 bits per heavy atom. The van der Waals surface area contributed by atoms with Crippen LogP contribution in [0.3, 0.4) is 0 Å². The number of aromatic nitrogens is 1. The zero-order chi connectivity index (χ0) is 24.4. The van der Waals surface area contributed by atoms with Gasteiger partial charge in [0.15, 0.2) is 0 Å². The van der Waals surface area contributed by atoms with Crippen LogP contribution in [-0.4, -0.2) is 60.3 Å². The predicted molar refractivity (Wildman–Crippen MR) is 129 cm³/mol. The SMILES string of the molecule is CNCCCC(=O)N1CC[C@H](NC(=O)c2c(C)[nH]c(/C=C3\C(=O)Nc4ccc(F)cc43)c2C)C1. The van der Waals surface area contributed by atoms with Gasteiger partial charge in [-0.3, -0.25) is 14.4 Å². The number of rotatable bonds is 7. The quantitative estimate of drug-likeness (QED) is 0.371. The molecule has 3 amide bonds. The second-order valence-electron chi connectivity index (χ2n) is 8.87. The molecule has 180 valence electrons. The van der Waals surface area contributed by atoms with Crippen molar-refractivity contribution in [2.24, 2.45) is 0 Å². The zero-order valence-electron chi connectivity index (χ0n) is 19.7. The van der Waals surface area contributed by atoms with Gasteiger partial charge in [-0.15, -0.1) is 0 Å². The summed E-state index contributed by atoms with van der Waals surface area (Å²) in [6, 6.07) is 4.05. The number of aryl methyl sites for hydroxylation is 1. The number of hydrogen-bond donors (Lipinski definition) is 4. The number of amides is 3. The summed E-state index contributed by atoms with van der Waals surface area (Å²) in [6.45, 7) is 5.56. The average molecular weight is 468 g/mol. The molecule has 4 rings (SSSR count). The molecule has 0 saturated carbocycles. The number of anilines is 1. The van der Waals surface area contributed by atoms with E-state index in [9.17, 15) is 18.8 Å². The van der Waals surface area contributed by atoms with Gasteiger partial charge in [0.25, 0.3) is 11.8 Å². The molecule has 34 heavy (non-hydrogen) atoms. The van der Waals surface area contributed by atoms with Gasteiger partial charge in [0.1, 0.15) is 5.82 Å².